The third-order valence-corrected chi connectivity index (χ3v) is 4.63. The number of phosphoric ester groups is 1. The molecular weight excluding hydrogens is 305 g/mol. The summed E-state index contributed by atoms with van der Waals surface area (Å²) in [6, 6.07) is 0. The van der Waals surface area contributed by atoms with Crippen molar-refractivity contribution in [3.8, 4) is 0 Å². The maximum absolute atomic E-state index is 10.7. The van der Waals surface area contributed by atoms with Gasteiger partial charge in [0.05, 0.1) is 6.61 Å². The molecule has 136 valence electrons. The van der Waals surface area contributed by atoms with E-state index < -0.39 is 7.82 Å². The molecule has 0 amide bonds. The first-order chi connectivity index (χ1) is 10.6. The lowest BCUT2D eigenvalue weighted by atomic mass is 10.1. The standard InChI is InChI=1S/C12H27NO.C3H9O4P/c1-2-3-4-5-6-7-8-9-10-11-12-14-13;1-5-8(4,6-2)7-3/h2-13H2,1H3;1-3H3. The first-order valence-electron chi connectivity index (χ1n) is 8.19. The van der Waals surface area contributed by atoms with Crippen molar-refractivity contribution in [2.75, 3.05) is 27.9 Å². The molecule has 0 radical (unpaired) electrons. The largest absolute Gasteiger partial charge is 0.473 e. The van der Waals surface area contributed by atoms with Gasteiger partial charge in [-0.2, -0.15) is 0 Å². The molecule has 0 aliphatic carbocycles. The monoisotopic (exact) mass is 341 g/mol. The second-order valence-corrected chi connectivity index (χ2v) is 7.04. The van der Waals surface area contributed by atoms with Gasteiger partial charge in [-0.3, -0.25) is 13.6 Å². The van der Waals surface area contributed by atoms with Crippen LogP contribution in [0.25, 0.3) is 0 Å². The van der Waals surface area contributed by atoms with Gasteiger partial charge in [0.25, 0.3) is 0 Å². The summed E-state index contributed by atoms with van der Waals surface area (Å²) >= 11 is 0. The number of rotatable bonds is 14. The molecule has 2 N–H and O–H groups in total. The molecule has 0 aliphatic heterocycles. The normalized spacial score (nSPS) is 11.1. The van der Waals surface area contributed by atoms with Gasteiger partial charge < -0.3 is 4.84 Å². The van der Waals surface area contributed by atoms with E-state index >= 15 is 0 Å². The summed E-state index contributed by atoms with van der Waals surface area (Å²) in [7, 11) is 0.611. The molecule has 0 unspecified atom stereocenters. The Morgan fingerprint density at radius 3 is 1.36 bits per heavy atom. The molecule has 22 heavy (non-hydrogen) atoms. The molecule has 0 heterocycles. The van der Waals surface area contributed by atoms with E-state index in [-0.39, 0.29) is 0 Å². The van der Waals surface area contributed by atoms with Crippen LogP contribution in [0.5, 0.6) is 0 Å². The van der Waals surface area contributed by atoms with Gasteiger partial charge in [0, 0.05) is 21.3 Å². The first kappa shape index (κ1) is 24.3. The predicted octanol–water partition coefficient (Wildman–Crippen LogP) is 4.83. The molecule has 0 aromatic rings. The molecular formula is C15H36NO5P. The SMILES string of the molecule is CCCCCCCCCCCCON.COP(=O)(OC)OC. The Kier molecular flexibility index (Phi) is 21.1. The Morgan fingerprint density at radius 1 is 0.727 bits per heavy atom. The zero-order chi connectivity index (χ0) is 17.1. The summed E-state index contributed by atoms with van der Waals surface area (Å²) in [5.41, 5.74) is 0. The summed E-state index contributed by atoms with van der Waals surface area (Å²) in [5, 5.41) is 0. The van der Waals surface area contributed by atoms with Gasteiger partial charge in [-0.1, -0.05) is 64.7 Å². The van der Waals surface area contributed by atoms with E-state index in [0.717, 1.165) is 13.0 Å². The van der Waals surface area contributed by atoms with E-state index in [1.54, 1.807) is 0 Å². The molecule has 0 fully saturated rings. The van der Waals surface area contributed by atoms with E-state index in [9.17, 15) is 4.57 Å². The van der Waals surface area contributed by atoms with Gasteiger partial charge in [-0.15, -0.1) is 0 Å². The first-order valence-corrected chi connectivity index (χ1v) is 9.65. The molecule has 0 aromatic heterocycles. The lowest BCUT2D eigenvalue weighted by Gasteiger charge is -2.08. The van der Waals surface area contributed by atoms with Gasteiger partial charge in [0.2, 0.25) is 0 Å². The van der Waals surface area contributed by atoms with Crippen LogP contribution in [0.4, 0.5) is 0 Å². The fraction of sp³-hybridized carbons (Fsp3) is 1.00. The molecule has 0 aliphatic rings. The molecule has 0 saturated heterocycles. The lowest BCUT2D eigenvalue weighted by Crippen LogP contribution is -2.00. The Balaban J connectivity index is 0. The van der Waals surface area contributed by atoms with Crippen LogP contribution in [0, 0.1) is 0 Å². The Morgan fingerprint density at radius 2 is 1.09 bits per heavy atom. The molecule has 0 bridgehead atoms. The third-order valence-electron chi connectivity index (χ3n) is 3.29. The number of nitrogens with two attached hydrogens (primary N) is 1. The van der Waals surface area contributed by atoms with Crippen molar-refractivity contribution < 1.29 is 23.0 Å². The zero-order valence-electron chi connectivity index (χ0n) is 14.8. The summed E-state index contributed by atoms with van der Waals surface area (Å²) < 4.78 is 23.7. The van der Waals surface area contributed by atoms with Crippen molar-refractivity contribution in [2.45, 2.75) is 71.1 Å². The minimum absolute atomic E-state index is 0.719. The van der Waals surface area contributed by atoms with E-state index in [1.807, 2.05) is 0 Å². The number of unbranched alkanes of at least 4 members (excludes halogenated alkanes) is 9. The van der Waals surface area contributed by atoms with Crippen molar-refractivity contribution in [1.82, 2.24) is 0 Å². The highest BCUT2D eigenvalue weighted by Gasteiger charge is 2.18. The second-order valence-electron chi connectivity index (χ2n) is 5.05. The molecule has 0 aromatic carbocycles. The third kappa shape index (κ3) is 18.1. The van der Waals surface area contributed by atoms with Crippen LogP contribution in [0.2, 0.25) is 0 Å². The highest BCUT2D eigenvalue weighted by molar-refractivity contribution is 7.48. The Labute approximate surface area is 136 Å². The fourth-order valence-electron chi connectivity index (χ4n) is 1.90. The van der Waals surface area contributed by atoms with Crippen LogP contribution < -0.4 is 5.90 Å². The van der Waals surface area contributed by atoms with Gasteiger partial charge in [0.15, 0.2) is 0 Å². The van der Waals surface area contributed by atoms with E-state index in [4.69, 9.17) is 5.90 Å². The molecule has 6 nitrogen and oxygen atoms in total. The van der Waals surface area contributed by atoms with Crippen molar-refractivity contribution in [1.29, 1.82) is 0 Å². The van der Waals surface area contributed by atoms with Gasteiger partial charge in [0.1, 0.15) is 0 Å². The Hall–Kier alpha value is 0.0300. The minimum Gasteiger partial charge on any atom is -0.305 e. The van der Waals surface area contributed by atoms with Crippen LogP contribution in [0.15, 0.2) is 0 Å². The quantitative estimate of drug-likeness (QED) is 0.277. The topological polar surface area (TPSA) is 80.0 Å². The van der Waals surface area contributed by atoms with E-state index in [1.165, 1.54) is 79.1 Å². The van der Waals surface area contributed by atoms with Crippen LogP contribution in [-0.2, 0) is 23.0 Å². The number of phosphoric acid groups is 1. The van der Waals surface area contributed by atoms with Crippen LogP contribution in [-0.4, -0.2) is 27.9 Å². The number of hydrogen-bond donors (Lipinski definition) is 1. The Bertz CT molecular complexity index is 223. The van der Waals surface area contributed by atoms with Crippen molar-refractivity contribution in [3.05, 3.63) is 0 Å². The average Bonchev–Trinajstić information content (AvgIpc) is 2.56. The minimum atomic E-state index is -3.16. The van der Waals surface area contributed by atoms with Crippen LogP contribution >= 0.6 is 7.82 Å². The lowest BCUT2D eigenvalue weighted by molar-refractivity contribution is 0.133. The van der Waals surface area contributed by atoms with E-state index in [0.29, 0.717) is 0 Å². The fourth-order valence-corrected chi connectivity index (χ4v) is 2.34. The van der Waals surface area contributed by atoms with Gasteiger partial charge in [-0.25, -0.2) is 10.5 Å². The van der Waals surface area contributed by atoms with Gasteiger partial charge in [-0.05, 0) is 6.42 Å². The second kappa shape index (κ2) is 19.1. The highest BCUT2D eigenvalue weighted by Crippen LogP contribution is 2.46. The average molecular weight is 341 g/mol. The summed E-state index contributed by atoms with van der Waals surface area (Å²) in [6.07, 6.45) is 13.6. The van der Waals surface area contributed by atoms with Crippen molar-refractivity contribution in [2.24, 2.45) is 5.90 Å². The maximum atomic E-state index is 10.7. The number of hydrogen-bond acceptors (Lipinski definition) is 6. The maximum Gasteiger partial charge on any atom is 0.473 e. The molecule has 0 rings (SSSR count). The smallest absolute Gasteiger partial charge is 0.305 e. The molecule has 0 spiro atoms. The summed E-state index contributed by atoms with van der Waals surface area (Å²) in [6.45, 7) is 2.98. The van der Waals surface area contributed by atoms with Gasteiger partial charge >= 0.3 is 7.82 Å². The molecule has 0 saturated carbocycles. The highest BCUT2D eigenvalue weighted by atomic mass is 31.2. The summed E-state index contributed by atoms with van der Waals surface area (Å²) in [5.74, 6) is 4.94. The molecule has 7 heteroatoms. The summed E-state index contributed by atoms with van der Waals surface area (Å²) in [4.78, 5) is 4.51. The van der Waals surface area contributed by atoms with Crippen LogP contribution in [0.3, 0.4) is 0 Å². The zero-order valence-corrected chi connectivity index (χ0v) is 15.7. The van der Waals surface area contributed by atoms with Crippen molar-refractivity contribution in [3.63, 3.8) is 0 Å². The van der Waals surface area contributed by atoms with Crippen LogP contribution in [0.1, 0.15) is 71.1 Å². The predicted molar refractivity (Wildman–Crippen MR) is 90.6 cm³/mol. The molecule has 0 atom stereocenters. The van der Waals surface area contributed by atoms with E-state index in [2.05, 4.69) is 25.3 Å². The van der Waals surface area contributed by atoms with Crippen molar-refractivity contribution >= 4 is 7.82 Å².